The van der Waals surface area contributed by atoms with Gasteiger partial charge < -0.3 is 0 Å². The quantitative estimate of drug-likeness (QED) is 0.570. The van der Waals surface area contributed by atoms with Gasteiger partial charge in [0.2, 0.25) is 5.91 Å². The standard InChI is InChI=1S/C13H11NO2/c1-9(15)14-12(16)8-11-3-2-10-4-6-13(11,14)7-5-10/h2-8,10H,1H3. The van der Waals surface area contributed by atoms with Crippen molar-refractivity contribution in [3.63, 3.8) is 0 Å². The van der Waals surface area contributed by atoms with E-state index in [0.717, 1.165) is 5.57 Å². The summed E-state index contributed by atoms with van der Waals surface area (Å²) in [4.78, 5) is 24.7. The molecule has 0 aromatic carbocycles. The minimum absolute atomic E-state index is 0.223. The average Bonchev–Trinajstić information content (AvgIpc) is 2.40. The second-order valence-electron chi connectivity index (χ2n) is 4.27. The molecule has 0 atom stereocenters. The molecule has 0 aromatic heterocycles. The molecule has 3 aliphatic carbocycles. The van der Waals surface area contributed by atoms with E-state index >= 15 is 0 Å². The summed E-state index contributed by atoms with van der Waals surface area (Å²) in [5, 5.41) is 0. The van der Waals surface area contributed by atoms with Crippen LogP contribution in [0.2, 0.25) is 0 Å². The maximum atomic E-state index is 11.8. The number of carbonyl (C=O) groups excluding carboxylic acids is 2. The molecule has 1 aliphatic heterocycles. The largest absolute Gasteiger partial charge is 0.275 e. The molecule has 0 radical (unpaired) electrons. The molecule has 4 aliphatic rings. The van der Waals surface area contributed by atoms with Gasteiger partial charge in [0.15, 0.2) is 0 Å². The second-order valence-corrected chi connectivity index (χ2v) is 4.27. The van der Waals surface area contributed by atoms with Gasteiger partial charge in [-0.05, 0) is 5.57 Å². The molecule has 16 heavy (non-hydrogen) atoms. The van der Waals surface area contributed by atoms with Crippen LogP contribution in [-0.2, 0) is 9.59 Å². The lowest BCUT2D eigenvalue weighted by Crippen LogP contribution is -2.48. The van der Waals surface area contributed by atoms with Crippen molar-refractivity contribution in [2.45, 2.75) is 12.5 Å². The van der Waals surface area contributed by atoms with Crippen LogP contribution in [0.25, 0.3) is 0 Å². The van der Waals surface area contributed by atoms with Crippen molar-refractivity contribution in [2.75, 3.05) is 0 Å². The Kier molecular flexibility index (Phi) is 1.64. The van der Waals surface area contributed by atoms with Crippen molar-refractivity contribution < 1.29 is 9.59 Å². The summed E-state index contributed by atoms with van der Waals surface area (Å²) in [5.41, 5.74) is 0.215. The number of hydrogen-bond donors (Lipinski definition) is 0. The summed E-state index contributed by atoms with van der Waals surface area (Å²) in [6.07, 6.45) is 13.4. The zero-order chi connectivity index (χ0) is 11.3. The summed E-state index contributed by atoms with van der Waals surface area (Å²) in [5.74, 6) is -0.179. The first-order valence-corrected chi connectivity index (χ1v) is 5.27. The van der Waals surface area contributed by atoms with E-state index < -0.39 is 5.54 Å². The third-order valence-corrected chi connectivity index (χ3v) is 3.29. The Hall–Kier alpha value is -1.90. The normalized spacial score (nSPS) is 34.1. The summed E-state index contributed by atoms with van der Waals surface area (Å²) in [7, 11) is 0. The lowest BCUT2D eigenvalue weighted by Gasteiger charge is -2.34. The number of amides is 2. The van der Waals surface area contributed by atoms with E-state index in [0.29, 0.717) is 0 Å². The van der Waals surface area contributed by atoms with Crippen LogP contribution in [0.4, 0.5) is 0 Å². The number of nitrogens with zero attached hydrogens (tertiary/aromatic N) is 1. The third kappa shape index (κ3) is 0.975. The Bertz CT molecular complexity index is 494. The van der Waals surface area contributed by atoms with Gasteiger partial charge in [-0.3, -0.25) is 14.5 Å². The maximum absolute atomic E-state index is 11.8. The van der Waals surface area contributed by atoms with Crippen molar-refractivity contribution in [3.8, 4) is 0 Å². The predicted octanol–water partition coefficient (Wildman–Crippen LogP) is 1.35. The molecule has 80 valence electrons. The monoisotopic (exact) mass is 213 g/mol. The molecule has 4 rings (SSSR count). The Morgan fingerprint density at radius 3 is 2.62 bits per heavy atom. The van der Waals surface area contributed by atoms with Gasteiger partial charge in [-0.15, -0.1) is 0 Å². The summed E-state index contributed by atoms with van der Waals surface area (Å²) >= 11 is 0. The fourth-order valence-electron chi connectivity index (χ4n) is 2.54. The molecular weight excluding hydrogens is 202 g/mol. The van der Waals surface area contributed by atoms with Crippen molar-refractivity contribution in [2.24, 2.45) is 5.92 Å². The minimum Gasteiger partial charge on any atom is -0.275 e. The molecule has 1 heterocycles. The van der Waals surface area contributed by atoms with Crippen LogP contribution >= 0.6 is 0 Å². The molecule has 2 amide bonds. The van der Waals surface area contributed by atoms with Gasteiger partial charge in [0, 0.05) is 18.9 Å². The van der Waals surface area contributed by atoms with Crippen LogP contribution in [-0.4, -0.2) is 22.3 Å². The first kappa shape index (κ1) is 9.33. The lowest BCUT2D eigenvalue weighted by molar-refractivity contribution is -0.141. The van der Waals surface area contributed by atoms with Gasteiger partial charge in [0.1, 0.15) is 5.54 Å². The fourth-order valence-corrected chi connectivity index (χ4v) is 2.54. The smallest absolute Gasteiger partial charge is 0.254 e. The first-order valence-electron chi connectivity index (χ1n) is 5.27. The highest BCUT2D eigenvalue weighted by atomic mass is 16.2. The molecule has 3 heteroatoms. The number of imide groups is 1. The highest BCUT2D eigenvalue weighted by Crippen LogP contribution is 2.40. The summed E-state index contributed by atoms with van der Waals surface area (Å²) in [6.45, 7) is 1.42. The Morgan fingerprint density at radius 1 is 1.31 bits per heavy atom. The van der Waals surface area contributed by atoms with Gasteiger partial charge in [-0.25, -0.2) is 0 Å². The molecule has 0 fully saturated rings. The van der Waals surface area contributed by atoms with Crippen molar-refractivity contribution in [3.05, 3.63) is 48.1 Å². The van der Waals surface area contributed by atoms with Crippen LogP contribution in [0.3, 0.4) is 0 Å². The van der Waals surface area contributed by atoms with E-state index in [2.05, 4.69) is 0 Å². The van der Waals surface area contributed by atoms with Gasteiger partial charge in [-0.1, -0.05) is 36.5 Å². The number of allylic oxidation sites excluding steroid dienone is 3. The lowest BCUT2D eigenvalue weighted by atomic mass is 9.87. The number of rotatable bonds is 0. The molecule has 0 unspecified atom stereocenters. The van der Waals surface area contributed by atoms with Crippen LogP contribution in [0.1, 0.15) is 6.92 Å². The zero-order valence-corrected chi connectivity index (χ0v) is 8.88. The van der Waals surface area contributed by atoms with Gasteiger partial charge >= 0.3 is 0 Å². The van der Waals surface area contributed by atoms with E-state index in [9.17, 15) is 9.59 Å². The third-order valence-electron chi connectivity index (χ3n) is 3.29. The van der Waals surface area contributed by atoms with Gasteiger partial charge in [-0.2, -0.15) is 0 Å². The molecule has 2 bridgehead atoms. The molecule has 0 saturated carbocycles. The van der Waals surface area contributed by atoms with E-state index in [1.807, 2.05) is 36.5 Å². The molecule has 3 nitrogen and oxygen atoms in total. The fraction of sp³-hybridized carbons (Fsp3) is 0.231. The number of hydrogen-bond acceptors (Lipinski definition) is 2. The van der Waals surface area contributed by atoms with E-state index in [4.69, 9.17) is 0 Å². The molecular formula is C13H11NO2. The first-order chi connectivity index (χ1) is 7.63. The minimum atomic E-state index is -0.660. The molecule has 1 spiro atoms. The van der Waals surface area contributed by atoms with Crippen LogP contribution < -0.4 is 0 Å². The van der Waals surface area contributed by atoms with Gasteiger partial charge in [0.05, 0.1) is 0 Å². The molecule has 0 N–H and O–H groups in total. The molecule has 0 saturated heterocycles. The Balaban J connectivity index is 2.23. The van der Waals surface area contributed by atoms with E-state index in [1.54, 1.807) is 6.08 Å². The zero-order valence-electron chi connectivity index (χ0n) is 8.88. The van der Waals surface area contributed by atoms with Crippen molar-refractivity contribution >= 4 is 11.8 Å². The Labute approximate surface area is 93.4 Å². The topological polar surface area (TPSA) is 37.4 Å². The Morgan fingerprint density at radius 2 is 2.00 bits per heavy atom. The van der Waals surface area contributed by atoms with Gasteiger partial charge in [0.25, 0.3) is 5.91 Å². The average molecular weight is 213 g/mol. The highest BCUT2D eigenvalue weighted by Gasteiger charge is 2.46. The van der Waals surface area contributed by atoms with Crippen LogP contribution in [0, 0.1) is 5.92 Å². The van der Waals surface area contributed by atoms with Crippen LogP contribution in [0.15, 0.2) is 48.1 Å². The summed E-state index contributed by atoms with van der Waals surface area (Å²) < 4.78 is 0. The highest BCUT2D eigenvalue weighted by molar-refractivity contribution is 6.06. The van der Waals surface area contributed by atoms with Crippen LogP contribution in [0.5, 0.6) is 0 Å². The van der Waals surface area contributed by atoms with E-state index in [-0.39, 0.29) is 17.7 Å². The SMILES string of the molecule is CC(=O)N1C(=O)C=C2C=CC3C=CC21C=C3. The number of carbonyl (C=O) groups is 2. The van der Waals surface area contributed by atoms with Crippen molar-refractivity contribution in [1.82, 2.24) is 4.90 Å². The maximum Gasteiger partial charge on any atom is 0.254 e. The molecule has 0 aromatic rings. The second kappa shape index (κ2) is 2.82. The van der Waals surface area contributed by atoms with E-state index in [1.165, 1.54) is 11.8 Å². The summed E-state index contributed by atoms with van der Waals surface area (Å²) in [6, 6.07) is 0. The predicted molar refractivity (Wildman–Crippen MR) is 59.3 cm³/mol. The van der Waals surface area contributed by atoms with Crippen molar-refractivity contribution in [1.29, 1.82) is 0 Å².